The smallest absolute Gasteiger partial charge is 0.416 e. The molecule has 0 atom stereocenters. The second kappa shape index (κ2) is 9.11. The number of rotatable bonds is 5. The third-order valence-electron chi connectivity index (χ3n) is 5.01. The first-order valence-electron chi connectivity index (χ1n) is 9.94. The van der Waals surface area contributed by atoms with E-state index in [0.29, 0.717) is 33.4 Å². The first kappa shape index (κ1) is 23.2. The van der Waals surface area contributed by atoms with Crippen LogP contribution in [-0.2, 0) is 6.18 Å². The fraction of sp³-hybridized carbons (Fsp3) is 0.0833. The van der Waals surface area contributed by atoms with Crippen molar-refractivity contribution in [2.24, 2.45) is 0 Å². The fourth-order valence-corrected chi connectivity index (χ4v) is 3.56. The van der Waals surface area contributed by atoms with E-state index in [9.17, 15) is 18.0 Å². The van der Waals surface area contributed by atoms with E-state index in [0.717, 1.165) is 12.1 Å². The first-order valence-corrected chi connectivity index (χ1v) is 10.3. The minimum Gasteiger partial charge on any atom is -0.495 e. The molecule has 4 rings (SSSR count). The summed E-state index contributed by atoms with van der Waals surface area (Å²) in [5.41, 5.74) is 7.27. The number of ether oxygens (including phenoxy) is 1. The van der Waals surface area contributed by atoms with Gasteiger partial charge in [0.05, 0.1) is 29.1 Å². The van der Waals surface area contributed by atoms with Crippen molar-refractivity contribution >= 4 is 29.0 Å². The molecule has 34 heavy (non-hydrogen) atoms. The predicted molar refractivity (Wildman–Crippen MR) is 124 cm³/mol. The molecule has 1 heterocycles. The lowest BCUT2D eigenvalue weighted by atomic mass is 10.1. The molecule has 1 amide bonds. The van der Waals surface area contributed by atoms with Gasteiger partial charge >= 0.3 is 6.18 Å². The van der Waals surface area contributed by atoms with E-state index in [-0.39, 0.29) is 17.3 Å². The Kier molecular flexibility index (Phi) is 6.21. The number of benzene rings is 3. The third kappa shape index (κ3) is 4.84. The van der Waals surface area contributed by atoms with Crippen LogP contribution < -0.4 is 15.8 Å². The SMILES string of the molecule is COc1ccc(NC(=O)c2ccc(-n3nc(-c4cccc(C(F)(F)F)c4)cc3N)cc2)cc1Cl. The molecule has 0 bridgehead atoms. The maximum Gasteiger partial charge on any atom is 0.416 e. The number of hydrogen-bond donors (Lipinski definition) is 2. The van der Waals surface area contributed by atoms with Crippen molar-refractivity contribution in [1.82, 2.24) is 9.78 Å². The molecule has 4 aromatic rings. The Hall–Kier alpha value is -3.98. The van der Waals surface area contributed by atoms with Gasteiger partial charge in [-0.25, -0.2) is 4.68 Å². The molecule has 0 aliphatic carbocycles. The molecule has 0 saturated carbocycles. The van der Waals surface area contributed by atoms with E-state index >= 15 is 0 Å². The topological polar surface area (TPSA) is 82.2 Å². The molecule has 0 spiro atoms. The first-order chi connectivity index (χ1) is 16.2. The number of hydrogen-bond acceptors (Lipinski definition) is 4. The summed E-state index contributed by atoms with van der Waals surface area (Å²) in [4.78, 5) is 12.6. The number of anilines is 2. The number of nitrogen functional groups attached to an aromatic ring is 1. The summed E-state index contributed by atoms with van der Waals surface area (Å²) < 4.78 is 45.6. The number of methoxy groups -OCH3 is 1. The second-order valence-electron chi connectivity index (χ2n) is 7.30. The van der Waals surface area contributed by atoms with Crippen LogP contribution in [-0.4, -0.2) is 22.8 Å². The Morgan fingerprint density at radius 3 is 2.44 bits per heavy atom. The van der Waals surface area contributed by atoms with Crippen molar-refractivity contribution in [2.75, 3.05) is 18.2 Å². The monoisotopic (exact) mass is 486 g/mol. The van der Waals surface area contributed by atoms with Gasteiger partial charge in [-0.2, -0.15) is 18.3 Å². The van der Waals surface area contributed by atoms with Crippen LogP contribution in [0.1, 0.15) is 15.9 Å². The van der Waals surface area contributed by atoms with E-state index in [4.69, 9.17) is 22.1 Å². The standard InChI is InChI=1S/C24H18ClF3N4O2/c1-34-21-10-7-17(12-19(21)25)30-23(33)14-5-8-18(9-6-14)32-22(29)13-20(31-32)15-3-2-4-16(11-15)24(26,27)28/h2-13H,29H2,1H3,(H,30,33). The maximum absolute atomic E-state index is 13.0. The number of aromatic nitrogens is 2. The zero-order valence-corrected chi connectivity index (χ0v) is 18.5. The van der Waals surface area contributed by atoms with Crippen molar-refractivity contribution < 1.29 is 22.7 Å². The summed E-state index contributed by atoms with van der Waals surface area (Å²) in [6, 6.07) is 17.7. The van der Waals surface area contributed by atoms with E-state index in [1.165, 1.54) is 30.0 Å². The van der Waals surface area contributed by atoms with Crippen molar-refractivity contribution in [2.45, 2.75) is 6.18 Å². The summed E-state index contributed by atoms with van der Waals surface area (Å²) >= 11 is 6.09. The van der Waals surface area contributed by atoms with Gasteiger partial charge in [-0.1, -0.05) is 23.7 Å². The lowest BCUT2D eigenvalue weighted by Crippen LogP contribution is -2.12. The predicted octanol–water partition coefficient (Wildman–Crippen LogP) is 6.05. The molecule has 6 nitrogen and oxygen atoms in total. The highest BCUT2D eigenvalue weighted by molar-refractivity contribution is 6.32. The highest BCUT2D eigenvalue weighted by Gasteiger charge is 2.30. The number of carbonyl (C=O) groups is 1. The fourth-order valence-electron chi connectivity index (χ4n) is 3.30. The summed E-state index contributed by atoms with van der Waals surface area (Å²) in [7, 11) is 1.50. The van der Waals surface area contributed by atoms with Crippen LogP contribution in [0.2, 0.25) is 5.02 Å². The van der Waals surface area contributed by atoms with Gasteiger partial charge < -0.3 is 15.8 Å². The largest absolute Gasteiger partial charge is 0.495 e. The molecule has 174 valence electrons. The van der Waals surface area contributed by atoms with E-state index in [2.05, 4.69) is 10.4 Å². The van der Waals surface area contributed by atoms with Gasteiger partial charge in [0, 0.05) is 22.9 Å². The van der Waals surface area contributed by atoms with Crippen molar-refractivity contribution in [3.8, 4) is 22.7 Å². The zero-order chi connectivity index (χ0) is 24.5. The van der Waals surface area contributed by atoms with Gasteiger partial charge in [0.2, 0.25) is 0 Å². The number of nitrogens with one attached hydrogen (secondary N) is 1. The summed E-state index contributed by atoms with van der Waals surface area (Å²) in [6.07, 6.45) is -4.46. The Labute approximate surface area is 197 Å². The average Bonchev–Trinajstić information content (AvgIpc) is 3.20. The van der Waals surface area contributed by atoms with Crippen LogP contribution in [0, 0.1) is 0 Å². The van der Waals surface area contributed by atoms with Crippen molar-refractivity contribution in [3.63, 3.8) is 0 Å². The van der Waals surface area contributed by atoms with E-state index < -0.39 is 11.7 Å². The number of alkyl halides is 3. The molecule has 0 radical (unpaired) electrons. The summed E-state index contributed by atoms with van der Waals surface area (Å²) in [5.74, 6) is 0.369. The van der Waals surface area contributed by atoms with E-state index in [1.807, 2.05) is 0 Å². The average molecular weight is 487 g/mol. The third-order valence-corrected chi connectivity index (χ3v) is 5.30. The highest BCUT2D eigenvalue weighted by atomic mass is 35.5. The van der Waals surface area contributed by atoms with Crippen LogP contribution >= 0.6 is 11.6 Å². The molecular weight excluding hydrogens is 469 g/mol. The van der Waals surface area contributed by atoms with Crippen molar-refractivity contribution in [3.05, 3.63) is 88.9 Å². The number of carbonyl (C=O) groups excluding carboxylic acids is 1. The molecule has 3 aromatic carbocycles. The lowest BCUT2D eigenvalue weighted by molar-refractivity contribution is -0.137. The Bertz CT molecular complexity index is 1350. The van der Waals surface area contributed by atoms with Crippen LogP contribution in [0.5, 0.6) is 5.75 Å². The van der Waals surface area contributed by atoms with Gasteiger partial charge in [0.15, 0.2) is 0 Å². The Morgan fingerprint density at radius 2 is 1.79 bits per heavy atom. The van der Waals surface area contributed by atoms with Crippen molar-refractivity contribution in [1.29, 1.82) is 0 Å². The molecule has 0 unspecified atom stereocenters. The van der Waals surface area contributed by atoms with Crippen LogP contribution in [0.4, 0.5) is 24.7 Å². The van der Waals surface area contributed by atoms with Gasteiger partial charge in [-0.3, -0.25) is 4.79 Å². The molecule has 0 aliphatic heterocycles. The lowest BCUT2D eigenvalue weighted by Gasteiger charge is -2.09. The van der Waals surface area contributed by atoms with Crippen LogP contribution in [0.3, 0.4) is 0 Å². The molecule has 0 saturated heterocycles. The van der Waals surface area contributed by atoms with Gasteiger partial charge in [-0.05, 0) is 54.6 Å². The Morgan fingerprint density at radius 1 is 1.06 bits per heavy atom. The highest BCUT2D eigenvalue weighted by Crippen LogP contribution is 2.32. The molecule has 0 fully saturated rings. The normalized spacial score (nSPS) is 11.3. The zero-order valence-electron chi connectivity index (χ0n) is 17.7. The second-order valence-corrected chi connectivity index (χ2v) is 7.70. The number of halogens is 4. The molecule has 1 aromatic heterocycles. The van der Waals surface area contributed by atoms with Crippen LogP contribution in [0.25, 0.3) is 16.9 Å². The Balaban J connectivity index is 1.54. The maximum atomic E-state index is 13.0. The quantitative estimate of drug-likeness (QED) is 0.359. The number of nitrogens with two attached hydrogens (primary N) is 1. The molecular formula is C24H18ClF3N4O2. The van der Waals surface area contributed by atoms with Crippen LogP contribution in [0.15, 0.2) is 72.8 Å². The van der Waals surface area contributed by atoms with Gasteiger partial charge in [0.25, 0.3) is 5.91 Å². The molecule has 10 heteroatoms. The minimum absolute atomic E-state index is 0.234. The summed E-state index contributed by atoms with van der Waals surface area (Å²) in [6.45, 7) is 0. The summed E-state index contributed by atoms with van der Waals surface area (Å²) in [5, 5.41) is 7.45. The molecule has 3 N–H and O–H groups in total. The van der Waals surface area contributed by atoms with Gasteiger partial charge in [-0.15, -0.1) is 0 Å². The number of nitrogens with zero attached hydrogens (tertiary/aromatic N) is 2. The van der Waals surface area contributed by atoms with E-state index in [1.54, 1.807) is 42.5 Å². The molecule has 0 aliphatic rings. The number of amides is 1. The van der Waals surface area contributed by atoms with Gasteiger partial charge in [0.1, 0.15) is 11.6 Å². The minimum atomic E-state index is -4.46.